The van der Waals surface area contributed by atoms with E-state index in [9.17, 15) is 0 Å². The number of rotatable bonds is 4. The molecule has 0 atom stereocenters. The SMILES string of the molecule is CO[Si]1(OC)CCC[Si](OC)(OC)O1. The van der Waals surface area contributed by atoms with Crippen molar-refractivity contribution in [3.63, 3.8) is 0 Å². The highest BCUT2D eigenvalue weighted by Gasteiger charge is 2.55. The van der Waals surface area contributed by atoms with E-state index in [1.54, 1.807) is 28.4 Å². The van der Waals surface area contributed by atoms with Gasteiger partial charge in [-0.1, -0.05) is 0 Å². The van der Waals surface area contributed by atoms with Gasteiger partial charge in [-0.2, -0.15) is 0 Å². The Morgan fingerprint density at radius 3 is 1.43 bits per heavy atom. The number of hydrogen-bond donors (Lipinski definition) is 0. The zero-order valence-electron chi connectivity index (χ0n) is 9.16. The topological polar surface area (TPSA) is 46.2 Å². The molecule has 0 aromatic heterocycles. The van der Waals surface area contributed by atoms with E-state index in [1.807, 2.05) is 0 Å². The fraction of sp³-hybridized carbons (Fsp3) is 1.00. The summed E-state index contributed by atoms with van der Waals surface area (Å²) in [4.78, 5) is 0. The predicted molar refractivity (Wildman–Crippen MR) is 54.9 cm³/mol. The normalized spacial score (nSPS) is 24.9. The first-order chi connectivity index (χ1) is 6.66. The van der Waals surface area contributed by atoms with E-state index in [1.165, 1.54) is 0 Å². The molecule has 0 spiro atoms. The Morgan fingerprint density at radius 1 is 0.786 bits per heavy atom. The monoisotopic (exact) mass is 238 g/mol. The van der Waals surface area contributed by atoms with Gasteiger partial charge in [-0.25, -0.2) is 0 Å². The van der Waals surface area contributed by atoms with Crippen LogP contribution in [0.3, 0.4) is 0 Å². The molecule has 1 saturated heterocycles. The lowest BCUT2D eigenvalue weighted by atomic mass is 10.6. The predicted octanol–water partition coefficient (Wildman–Crippen LogP) is 0.870. The maximum atomic E-state index is 5.85. The Morgan fingerprint density at radius 2 is 1.14 bits per heavy atom. The van der Waals surface area contributed by atoms with Crippen LogP contribution in [0.15, 0.2) is 0 Å². The summed E-state index contributed by atoms with van der Waals surface area (Å²) in [6.45, 7) is 0. The zero-order valence-corrected chi connectivity index (χ0v) is 11.2. The van der Waals surface area contributed by atoms with Crippen LogP contribution in [0.5, 0.6) is 0 Å². The third-order valence-electron chi connectivity index (χ3n) is 2.52. The molecule has 1 fully saturated rings. The second kappa shape index (κ2) is 4.84. The molecule has 0 radical (unpaired) electrons. The van der Waals surface area contributed by atoms with E-state index in [0.29, 0.717) is 0 Å². The highest BCUT2D eigenvalue weighted by atomic mass is 28.5. The standard InChI is InChI=1S/C7H18O5Si2/c1-8-13(9-2)6-5-7-14(10-3,11-4)12-13/h5-7H2,1-4H3. The van der Waals surface area contributed by atoms with Gasteiger partial charge >= 0.3 is 17.6 Å². The minimum Gasteiger partial charge on any atom is -0.377 e. The van der Waals surface area contributed by atoms with Crippen molar-refractivity contribution in [1.82, 2.24) is 0 Å². The van der Waals surface area contributed by atoms with E-state index in [-0.39, 0.29) is 0 Å². The van der Waals surface area contributed by atoms with Crippen LogP contribution in [0.4, 0.5) is 0 Å². The first-order valence-electron chi connectivity index (χ1n) is 4.56. The summed E-state index contributed by atoms with van der Waals surface area (Å²) in [6.07, 6.45) is 0.974. The summed E-state index contributed by atoms with van der Waals surface area (Å²) in [5.74, 6) is 0. The van der Waals surface area contributed by atoms with Crippen LogP contribution in [0.2, 0.25) is 12.1 Å². The summed E-state index contributed by atoms with van der Waals surface area (Å²) in [5, 5.41) is 0. The van der Waals surface area contributed by atoms with Gasteiger partial charge in [-0.3, -0.25) is 0 Å². The molecule has 0 aromatic rings. The molecule has 84 valence electrons. The maximum Gasteiger partial charge on any atom is 0.493 e. The largest absolute Gasteiger partial charge is 0.493 e. The fourth-order valence-corrected chi connectivity index (χ4v) is 8.37. The molecule has 1 aliphatic heterocycles. The van der Waals surface area contributed by atoms with Crippen LogP contribution in [0, 0.1) is 0 Å². The fourth-order valence-electron chi connectivity index (χ4n) is 1.60. The van der Waals surface area contributed by atoms with Gasteiger partial charge in [0.1, 0.15) is 0 Å². The molecule has 0 N–H and O–H groups in total. The van der Waals surface area contributed by atoms with E-state index in [2.05, 4.69) is 0 Å². The Labute approximate surface area is 87.0 Å². The van der Waals surface area contributed by atoms with E-state index >= 15 is 0 Å². The van der Waals surface area contributed by atoms with E-state index < -0.39 is 17.6 Å². The number of hydrogen-bond acceptors (Lipinski definition) is 5. The van der Waals surface area contributed by atoms with Gasteiger partial charge in [-0.05, 0) is 6.42 Å². The highest BCUT2D eigenvalue weighted by molar-refractivity contribution is 6.76. The quantitative estimate of drug-likeness (QED) is 0.680. The van der Waals surface area contributed by atoms with Gasteiger partial charge in [0.15, 0.2) is 0 Å². The van der Waals surface area contributed by atoms with Crippen molar-refractivity contribution in [2.45, 2.75) is 18.5 Å². The summed E-state index contributed by atoms with van der Waals surface area (Å²) in [7, 11) is 1.47. The van der Waals surface area contributed by atoms with Crippen molar-refractivity contribution in [2.24, 2.45) is 0 Å². The molecule has 0 unspecified atom stereocenters. The Balaban J connectivity index is 2.75. The van der Waals surface area contributed by atoms with Crippen molar-refractivity contribution < 1.29 is 21.8 Å². The van der Waals surface area contributed by atoms with Gasteiger partial charge in [0.05, 0.1) is 0 Å². The van der Waals surface area contributed by atoms with Gasteiger partial charge in [0.2, 0.25) is 0 Å². The second-order valence-corrected chi connectivity index (χ2v) is 9.32. The second-order valence-electron chi connectivity index (χ2n) is 3.14. The molecule has 1 aliphatic rings. The van der Waals surface area contributed by atoms with E-state index in [4.69, 9.17) is 21.8 Å². The van der Waals surface area contributed by atoms with Crippen LogP contribution in [0.25, 0.3) is 0 Å². The van der Waals surface area contributed by atoms with Gasteiger partial charge in [-0.15, -0.1) is 0 Å². The van der Waals surface area contributed by atoms with Crippen molar-refractivity contribution >= 4 is 17.6 Å². The molecular formula is C7H18O5Si2. The Kier molecular flexibility index (Phi) is 4.25. The van der Waals surface area contributed by atoms with Crippen LogP contribution in [0.1, 0.15) is 6.42 Å². The molecule has 14 heavy (non-hydrogen) atoms. The Bertz CT molecular complexity index is 163. The van der Waals surface area contributed by atoms with E-state index in [0.717, 1.165) is 18.5 Å². The minimum absolute atomic E-state index is 0.835. The molecule has 7 heteroatoms. The first kappa shape index (κ1) is 12.3. The highest BCUT2D eigenvalue weighted by Crippen LogP contribution is 2.32. The molecule has 0 aromatic carbocycles. The molecular weight excluding hydrogens is 220 g/mol. The minimum atomic E-state index is -2.50. The zero-order chi connectivity index (χ0) is 10.7. The smallest absolute Gasteiger partial charge is 0.377 e. The van der Waals surface area contributed by atoms with Crippen LogP contribution < -0.4 is 0 Å². The summed E-state index contributed by atoms with van der Waals surface area (Å²) < 4.78 is 27.3. The summed E-state index contributed by atoms with van der Waals surface area (Å²) >= 11 is 0. The summed E-state index contributed by atoms with van der Waals surface area (Å²) in [6, 6.07) is 1.67. The molecule has 0 aliphatic carbocycles. The van der Waals surface area contributed by atoms with Gasteiger partial charge in [0, 0.05) is 40.5 Å². The average Bonchev–Trinajstić information content (AvgIpc) is 2.29. The third-order valence-corrected chi connectivity index (χ3v) is 9.43. The van der Waals surface area contributed by atoms with Crippen LogP contribution in [-0.2, 0) is 21.8 Å². The molecule has 0 saturated carbocycles. The average molecular weight is 238 g/mol. The van der Waals surface area contributed by atoms with Gasteiger partial charge in [0.25, 0.3) is 0 Å². The molecule has 1 heterocycles. The lowest BCUT2D eigenvalue weighted by molar-refractivity contribution is 0.0769. The maximum absolute atomic E-state index is 5.85. The van der Waals surface area contributed by atoms with Crippen LogP contribution >= 0.6 is 0 Å². The first-order valence-corrected chi connectivity index (χ1v) is 8.43. The van der Waals surface area contributed by atoms with Crippen LogP contribution in [-0.4, -0.2) is 46.0 Å². The van der Waals surface area contributed by atoms with Crippen molar-refractivity contribution in [1.29, 1.82) is 0 Å². The van der Waals surface area contributed by atoms with Gasteiger partial charge < -0.3 is 21.8 Å². The Hall–Kier alpha value is 0.234. The third kappa shape index (κ3) is 2.24. The molecule has 5 nitrogen and oxygen atoms in total. The molecule has 0 amide bonds. The molecule has 0 bridgehead atoms. The lowest BCUT2D eigenvalue weighted by Gasteiger charge is -2.39. The van der Waals surface area contributed by atoms with Crippen molar-refractivity contribution in [3.05, 3.63) is 0 Å². The lowest BCUT2D eigenvalue weighted by Crippen LogP contribution is -2.60. The van der Waals surface area contributed by atoms with Crippen molar-refractivity contribution in [2.75, 3.05) is 28.4 Å². The summed E-state index contributed by atoms with van der Waals surface area (Å²) in [5.41, 5.74) is 0. The molecule has 1 rings (SSSR count). The van der Waals surface area contributed by atoms with Crippen molar-refractivity contribution in [3.8, 4) is 0 Å².